The Hall–Kier alpha value is -2.73. The van der Waals surface area contributed by atoms with Gasteiger partial charge in [0.2, 0.25) is 5.91 Å². The van der Waals surface area contributed by atoms with Crippen LogP contribution in [0.3, 0.4) is 0 Å². The van der Waals surface area contributed by atoms with Gasteiger partial charge in [-0.2, -0.15) is 0 Å². The van der Waals surface area contributed by atoms with Gasteiger partial charge in [0.1, 0.15) is 5.82 Å². The maximum Gasteiger partial charge on any atom is 0.251 e. The Labute approximate surface area is 152 Å². The Bertz CT molecular complexity index is 788. The number of rotatable bonds is 7. The highest BCUT2D eigenvalue weighted by Crippen LogP contribution is 2.28. The summed E-state index contributed by atoms with van der Waals surface area (Å²) in [7, 11) is 1.57. The smallest absolute Gasteiger partial charge is 0.251 e. The van der Waals surface area contributed by atoms with E-state index in [1.807, 2.05) is 0 Å². The molecule has 1 aliphatic carbocycles. The van der Waals surface area contributed by atoms with E-state index >= 15 is 0 Å². The van der Waals surface area contributed by atoms with Gasteiger partial charge in [-0.25, -0.2) is 4.39 Å². The molecule has 2 N–H and O–H groups in total. The van der Waals surface area contributed by atoms with Crippen LogP contribution in [0.1, 0.15) is 28.8 Å². The zero-order valence-corrected chi connectivity index (χ0v) is 14.7. The maximum absolute atomic E-state index is 13.1. The number of nitrogens with zero attached hydrogens (tertiary/aromatic N) is 1. The summed E-state index contributed by atoms with van der Waals surface area (Å²) < 4.78 is 13.1. The number of carbonyl (C=O) groups is 2. The van der Waals surface area contributed by atoms with E-state index in [4.69, 9.17) is 0 Å². The van der Waals surface area contributed by atoms with Gasteiger partial charge in [-0.05, 0) is 48.7 Å². The molecule has 5 nitrogen and oxygen atoms in total. The zero-order chi connectivity index (χ0) is 18.5. The van der Waals surface area contributed by atoms with Crippen LogP contribution in [-0.2, 0) is 11.3 Å². The summed E-state index contributed by atoms with van der Waals surface area (Å²) in [6.07, 6.45) is 2.14. The fourth-order valence-electron chi connectivity index (χ4n) is 2.85. The molecule has 2 aromatic rings. The van der Waals surface area contributed by atoms with Gasteiger partial charge in [0, 0.05) is 30.9 Å². The highest BCUT2D eigenvalue weighted by atomic mass is 19.1. The fraction of sp³-hybridized carbons (Fsp3) is 0.300. The Balaban J connectivity index is 1.61. The summed E-state index contributed by atoms with van der Waals surface area (Å²) in [6, 6.07) is 13.6. The second kappa shape index (κ2) is 8.10. The minimum absolute atomic E-state index is 0.131. The molecular weight excluding hydrogens is 333 g/mol. The zero-order valence-electron chi connectivity index (χ0n) is 14.7. The molecule has 1 aliphatic rings. The fourth-order valence-corrected chi connectivity index (χ4v) is 2.85. The second-order valence-electron chi connectivity index (χ2n) is 6.47. The molecule has 1 fully saturated rings. The van der Waals surface area contributed by atoms with Gasteiger partial charge >= 0.3 is 0 Å². The van der Waals surface area contributed by atoms with Crippen molar-refractivity contribution in [3.63, 3.8) is 0 Å². The highest BCUT2D eigenvalue weighted by Gasteiger charge is 2.30. The molecule has 0 unspecified atom stereocenters. The van der Waals surface area contributed by atoms with Crippen molar-refractivity contribution in [2.45, 2.75) is 25.4 Å². The quantitative estimate of drug-likeness (QED) is 0.803. The van der Waals surface area contributed by atoms with E-state index in [9.17, 15) is 14.0 Å². The molecule has 0 radical (unpaired) electrons. The number of hydrogen-bond donors (Lipinski definition) is 2. The molecule has 26 heavy (non-hydrogen) atoms. The molecular formula is C20H22FN3O2. The molecule has 2 aromatic carbocycles. The van der Waals surface area contributed by atoms with E-state index < -0.39 is 0 Å². The molecule has 0 aliphatic heterocycles. The summed E-state index contributed by atoms with van der Waals surface area (Å²) in [6.45, 7) is 0.864. The van der Waals surface area contributed by atoms with Gasteiger partial charge in [0.25, 0.3) is 5.91 Å². The van der Waals surface area contributed by atoms with Crippen molar-refractivity contribution in [1.29, 1.82) is 0 Å². The number of amides is 2. The van der Waals surface area contributed by atoms with Crippen LogP contribution in [0, 0.1) is 5.82 Å². The number of nitrogens with one attached hydrogen (secondary N) is 2. The topological polar surface area (TPSA) is 61.4 Å². The van der Waals surface area contributed by atoms with Crippen molar-refractivity contribution in [2.24, 2.45) is 0 Å². The van der Waals surface area contributed by atoms with Crippen molar-refractivity contribution < 1.29 is 14.0 Å². The standard InChI is InChI=1S/C20H22FN3O2/c1-22-20(26)15-3-2-4-17(11-15)23-19(25)13-24(18-9-10-18)12-14-5-7-16(21)8-6-14/h2-8,11,18H,9-10,12-13H2,1H3,(H,22,26)(H,23,25). The monoisotopic (exact) mass is 355 g/mol. The molecule has 136 valence electrons. The van der Waals surface area contributed by atoms with E-state index in [2.05, 4.69) is 15.5 Å². The predicted molar refractivity (Wildman–Crippen MR) is 98.3 cm³/mol. The average molecular weight is 355 g/mol. The third-order valence-electron chi connectivity index (χ3n) is 4.34. The number of anilines is 1. The lowest BCUT2D eigenvalue weighted by molar-refractivity contribution is -0.117. The summed E-state index contributed by atoms with van der Waals surface area (Å²) in [5.74, 6) is -0.592. The first kappa shape index (κ1) is 18.1. The predicted octanol–water partition coefficient (Wildman–Crippen LogP) is 2.79. The van der Waals surface area contributed by atoms with Crippen LogP contribution in [0.2, 0.25) is 0 Å². The van der Waals surface area contributed by atoms with E-state index in [1.54, 1.807) is 43.4 Å². The van der Waals surface area contributed by atoms with Crippen LogP contribution in [0.4, 0.5) is 10.1 Å². The maximum atomic E-state index is 13.1. The molecule has 6 heteroatoms. The minimum Gasteiger partial charge on any atom is -0.355 e. The second-order valence-corrected chi connectivity index (χ2v) is 6.47. The molecule has 0 bridgehead atoms. The first-order chi connectivity index (χ1) is 12.5. The molecule has 0 aromatic heterocycles. The molecule has 0 saturated heterocycles. The van der Waals surface area contributed by atoms with Crippen LogP contribution in [-0.4, -0.2) is 36.3 Å². The lowest BCUT2D eigenvalue weighted by atomic mass is 10.2. The van der Waals surface area contributed by atoms with Crippen LogP contribution in [0.15, 0.2) is 48.5 Å². The van der Waals surface area contributed by atoms with Crippen LogP contribution >= 0.6 is 0 Å². The van der Waals surface area contributed by atoms with Crippen LogP contribution in [0.5, 0.6) is 0 Å². The Morgan fingerprint density at radius 2 is 1.88 bits per heavy atom. The molecule has 0 heterocycles. The lowest BCUT2D eigenvalue weighted by Gasteiger charge is -2.21. The Morgan fingerprint density at radius 1 is 1.15 bits per heavy atom. The summed E-state index contributed by atoms with van der Waals surface area (Å²) >= 11 is 0. The van der Waals surface area contributed by atoms with Gasteiger partial charge in [-0.3, -0.25) is 14.5 Å². The van der Waals surface area contributed by atoms with Gasteiger partial charge in [-0.1, -0.05) is 18.2 Å². The van der Waals surface area contributed by atoms with Gasteiger partial charge in [0.15, 0.2) is 0 Å². The number of halogens is 1. The normalized spacial score (nSPS) is 13.5. The third kappa shape index (κ3) is 4.89. The molecule has 2 amide bonds. The van der Waals surface area contributed by atoms with Gasteiger partial charge in [0.05, 0.1) is 6.54 Å². The van der Waals surface area contributed by atoms with Crippen LogP contribution in [0.25, 0.3) is 0 Å². The summed E-state index contributed by atoms with van der Waals surface area (Å²) in [5, 5.41) is 5.41. The largest absolute Gasteiger partial charge is 0.355 e. The molecule has 0 atom stereocenters. The van der Waals surface area contributed by atoms with Crippen molar-refractivity contribution in [2.75, 3.05) is 18.9 Å². The van der Waals surface area contributed by atoms with E-state index in [-0.39, 0.29) is 24.2 Å². The highest BCUT2D eigenvalue weighted by molar-refractivity contribution is 5.97. The molecule has 0 spiro atoms. The first-order valence-corrected chi connectivity index (χ1v) is 8.65. The SMILES string of the molecule is CNC(=O)c1cccc(NC(=O)CN(Cc2ccc(F)cc2)C2CC2)c1. The number of benzene rings is 2. The van der Waals surface area contributed by atoms with Gasteiger partial charge < -0.3 is 10.6 Å². The van der Waals surface area contributed by atoms with Crippen molar-refractivity contribution in [3.05, 3.63) is 65.5 Å². The third-order valence-corrected chi connectivity index (χ3v) is 4.34. The van der Waals surface area contributed by atoms with Gasteiger partial charge in [-0.15, -0.1) is 0 Å². The van der Waals surface area contributed by atoms with E-state index in [0.29, 0.717) is 23.8 Å². The van der Waals surface area contributed by atoms with Crippen molar-refractivity contribution in [1.82, 2.24) is 10.2 Å². The lowest BCUT2D eigenvalue weighted by Crippen LogP contribution is -2.34. The Kier molecular flexibility index (Phi) is 5.63. The Morgan fingerprint density at radius 3 is 2.54 bits per heavy atom. The summed E-state index contributed by atoms with van der Waals surface area (Å²) in [5.41, 5.74) is 2.07. The van der Waals surface area contributed by atoms with E-state index in [1.165, 1.54) is 12.1 Å². The summed E-state index contributed by atoms with van der Waals surface area (Å²) in [4.78, 5) is 26.2. The van der Waals surface area contributed by atoms with Crippen molar-refractivity contribution >= 4 is 17.5 Å². The van der Waals surface area contributed by atoms with Crippen molar-refractivity contribution in [3.8, 4) is 0 Å². The van der Waals surface area contributed by atoms with E-state index in [0.717, 1.165) is 18.4 Å². The number of hydrogen-bond acceptors (Lipinski definition) is 3. The number of carbonyl (C=O) groups excluding carboxylic acids is 2. The first-order valence-electron chi connectivity index (χ1n) is 8.65. The molecule has 3 rings (SSSR count). The minimum atomic E-state index is -0.263. The molecule has 1 saturated carbocycles. The average Bonchev–Trinajstić information content (AvgIpc) is 3.47. The van der Waals surface area contributed by atoms with Crippen LogP contribution < -0.4 is 10.6 Å².